The van der Waals surface area contributed by atoms with Gasteiger partial charge in [0.25, 0.3) is 0 Å². The van der Waals surface area contributed by atoms with E-state index in [9.17, 15) is 9.90 Å². The van der Waals surface area contributed by atoms with Crippen molar-refractivity contribution < 1.29 is 14.6 Å². The highest BCUT2D eigenvalue weighted by Gasteiger charge is 2.33. The Labute approximate surface area is 171 Å². The first-order valence-electron chi connectivity index (χ1n) is 8.78. The van der Waals surface area contributed by atoms with Gasteiger partial charge in [0.1, 0.15) is 23.9 Å². The third-order valence-corrected chi connectivity index (χ3v) is 5.72. The second-order valence-corrected chi connectivity index (χ2v) is 7.37. The number of nitrogens with zero attached hydrogens (tertiary/aromatic N) is 3. The van der Waals surface area contributed by atoms with Crippen molar-refractivity contribution in [1.82, 2.24) is 9.97 Å². The highest BCUT2D eigenvalue weighted by molar-refractivity contribution is 6.42. The van der Waals surface area contributed by atoms with Gasteiger partial charge in [0, 0.05) is 12.1 Å². The fraction of sp³-hybridized carbons (Fsp3) is 0.250. The van der Waals surface area contributed by atoms with Crippen LogP contribution in [-0.2, 0) is 4.79 Å². The minimum atomic E-state index is -0.858. The van der Waals surface area contributed by atoms with E-state index in [1.807, 2.05) is 23.1 Å². The number of aliphatic carboxylic acids is 1. The predicted molar refractivity (Wildman–Crippen MR) is 110 cm³/mol. The molecule has 0 amide bonds. The zero-order chi connectivity index (χ0) is 19.8. The molecule has 1 unspecified atom stereocenters. The van der Waals surface area contributed by atoms with E-state index in [4.69, 9.17) is 27.9 Å². The molecule has 2 aromatic carbocycles. The maximum Gasteiger partial charge on any atom is 0.326 e. The van der Waals surface area contributed by atoms with Gasteiger partial charge in [-0.25, -0.2) is 14.8 Å². The van der Waals surface area contributed by atoms with Crippen LogP contribution in [0.4, 0.5) is 5.82 Å². The van der Waals surface area contributed by atoms with Crippen LogP contribution in [0.1, 0.15) is 12.8 Å². The van der Waals surface area contributed by atoms with Crippen LogP contribution in [0.5, 0.6) is 5.75 Å². The molecule has 2 heterocycles. The fourth-order valence-electron chi connectivity index (χ4n) is 3.72. The molecule has 1 fully saturated rings. The number of ether oxygens (including phenoxy) is 1. The third kappa shape index (κ3) is 3.12. The van der Waals surface area contributed by atoms with Gasteiger partial charge in [0.2, 0.25) is 0 Å². The quantitative estimate of drug-likeness (QED) is 0.664. The van der Waals surface area contributed by atoms with Crippen LogP contribution in [0.3, 0.4) is 0 Å². The van der Waals surface area contributed by atoms with Gasteiger partial charge in [-0.15, -0.1) is 0 Å². The Bertz CT molecular complexity index is 1070. The van der Waals surface area contributed by atoms with Gasteiger partial charge in [-0.2, -0.15) is 0 Å². The second kappa shape index (κ2) is 7.45. The maximum absolute atomic E-state index is 11.7. The lowest BCUT2D eigenvalue weighted by Crippen LogP contribution is -2.36. The molecule has 1 aliphatic heterocycles. The number of fused-ring (bicyclic) bond motifs is 1. The monoisotopic (exact) mass is 417 g/mol. The van der Waals surface area contributed by atoms with Gasteiger partial charge < -0.3 is 14.7 Å². The summed E-state index contributed by atoms with van der Waals surface area (Å²) < 4.78 is 5.60. The first-order valence-corrected chi connectivity index (χ1v) is 9.53. The van der Waals surface area contributed by atoms with Crippen LogP contribution in [0.25, 0.3) is 22.0 Å². The summed E-state index contributed by atoms with van der Waals surface area (Å²) in [6, 6.07) is 8.38. The van der Waals surface area contributed by atoms with Crippen molar-refractivity contribution in [3.8, 4) is 16.9 Å². The summed E-state index contributed by atoms with van der Waals surface area (Å²) in [5.41, 5.74) is 2.24. The van der Waals surface area contributed by atoms with E-state index in [2.05, 4.69) is 9.97 Å². The Morgan fingerprint density at radius 1 is 1.21 bits per heavy atom. The molecule has 0 aliphatic carbocycles. The zero-order valence-electron chi connectivity index (χ0n) is 15.0. The van der Waals surface area contributed by atoms with E-state index in [0.717, 1.165) is 22.9 Å². The molecule has 3 aromatic rings. The number of hydrogen-bond acceptors (Lipinski definition) is 5. The number of aromatic nitrogens is 2. The normalized spacial score (nSPS) is 16.5. The van der Waals surface area contributed by atoms with Crippen molar-refractivity contribution in [2.24, 2.45) is 0 Å². The lowest BCUT2D eigenvalue weighted by Gasteiger charge is -2.25. The molecule has 1 aliphatic rings. The van der Waals surface area contributed by atoms with Gasteiger partial charge >= 0.3 is 5.97 Å². The minimum Gasteiger partial charge on any atom is -0.496 e. The van der Waals surface area contributed by atoms with Crippen molar-refractivity contribution in [2.75, 3.05) is 18.6 Å². The van der Waals surface area contributed by atoms with Crippen molar-refractivity contribution >= 4 is 45.9 Å². The Balaban J connectivity index is 2.02. The zero-order valence-corrected chi connectivity index (χ0v) is 16.5. The smallest absolute Gasteiger partial charge is 0.326 e. The number of benzene rings is 2. The lowest BCUT2D eigenvalue weighted by atomic mass is 9.99. The standard InChI is InChI=1S/C20H17Cl2N3O3/c1-28-16-7-6-14-18(17(16)11-4-5-12(21)13(22)9-11)19(24-10-23-14)25-8-2-3-15(25)20(26)27/h4-7,9-10,15H,2-3,8H2,1H3,(H,26,27). The summed E-state index contributed by atoms with van der Waals surface area (Å²) >= 11 is 12.3. The summed E-state index contributed by atoms with van der Waals surface area (Å²) in [7, 11) is 1.58. The van der Waals surface area contributed by atoms with Crippen LogP contribution >= 0.6 is 23.2 Å². The number of rotatable bonds is 4. The predicted octanol–water partition coefficient (Wildman–Crippen LogP) is 4.67. The first-order chi connectivity index (χ1) is 13.5. The molecule has 8 heteroatoms. The molecule has 1 aromatic heterocycles. The molecule has 0 spiro atoms. The van der Waals surface area contributed by atoms with Gasteiger partial charge in [0.05, 0.1) is 28.1 Å². The Kier molecular flexibility index (Phi) is 5.00. The number of carbonyl (C=O) groups is 1. The highest BCUT2D eigenvalue weighted by atomic mass is 35.5. The van der Waals surface area contributed by atoms with Crippen LogP contribution in [0.2, 0.25) is 10.0 Å². The van der Waals surface area contributed by atoms with E-state index in [0.29, 0.717) is 40.1 Å². The largest absolute Gasteiger partial charge is 0.496 e. The van der Waals surface area contributed by atoms with Crippen molar-refractivity contribution in [2.45, 2.75) is 18.9 Å². The number of methoxy groups -OCH3 is 1. The molecule has 6 nitrogen and oxygen atoms in total. The Morgan fingerprint density at radius 3 is 2.75 bits per heavy atom. The van der Waals surface area contributed by atoms with Crippen LogP contribution in [-0.4, -0.2) is 40.7 Å². The summed E-state index contributed by atoms with van der Waals surface area (Å²) in [6.07, 6.45) is 2.82. The highest BCUT2D eigenvalue weighted by Crippen LogP contribution is 2.43. The summed E-state index contributed by atoms with van der Waals surface area (Å²) in [4.78, 5) is 22.4. The van der Waals surface area contributed by atoms with Gasteiger partial charge in [-0.1, -0.05) is 29.3 Å². The summed E-state index contributed by atoms with van der Waals surface area (Å²) in [5, 5.41) is 11.2. The topological polar surface area (TPSA) is 75.6 Å². The first kappa shape index (κ1) is 18.8. The average Bonchev–Trinajstić information content (AvgIpc) is 3.19. The SMILES string of the molecule is COc1ccc2ncnc(N3CCCC3C(=O)O)c2c1-c1ccc(Cl)c(Cl)c1. The molecule has 1 saturated heterocycles. The second-order valence-electron chi connectivity index (χ2n) is 6.55. The Hall–Kier alpha value is -2.57. The number of halogens is 2. The van der Waals surface area contributed by atoms with Gasteiger partial charge in [0.15, 0.2) is 0 Å². The molecule has 0 radical (unpaired) electrons. The molecule has 4 rings (SSSR count). The lowest BCUT2D eigenvalue weighted by molar-refractivity contribution is -0.138. The summed E-state index contributed by atoms with van der Waals surface area (Å²) in [6.45, 7) is 0.612. The maximum atomic E-state index is 11.7. The van der Waals surface area contributed by atoms with E-state index in [-0.39, 0.29) is 0 Å². The molecule has 144 valence electrons. The van der Waals surface area contributed by atoms with Crippen molar-refractivity contribution in [3.05, 3.63) is 46.7 Å². The van der Waals surface area contributed by atoms with Crippen LogP contribution in [0, 0.1) is 0 Å². The van der Waals surface area contributed by atoms with E-state index in [1.165, 1.54) is 6.33 Å². The molecular formula is C20H17Cl2N3O3. The minimum absolute atomic E-state index is 0.418. The average molecular weight is 418 g/mol. The molecule has 1 N–H and O–H groups in total. The Morgan fingerprint density at radius 2 is 2.04 bits per heavy atom. The molecular weight excluding hydrogens is 401 g/mol. The number of anilines is 1. The summed E-state index contributed by atoms with van der Waals surface area (Å²) in [5.74, 6) is 0.339. The third-order valence-electron chi connectivity index (χ3n) is 4.98. The van der Waals surface area contributed by atoms with E-state index >= 15 is 0 Å². The molecule has 1 atom stereocenters. The molecule has 0 bridgehead atoms. The van der Waals surface area contributed by atoms with Crippen molar-refractivity contribution in [3.63, 3.8) is 0 Å². The molecule has 0 saturated carbocycles. The van der Waals surface area contributed by atoms with Gasteiger partial charge in [-0.3, -0.25) is 0 Å². The van der Waals surface area contributed by atoms with E-state index < -0.39 is 12.0 Å². The number of carboxylic acid groups (broad SMARTS) is 1. The van der Waals surface area contributed by atoms with Gasteiger partial charge in [-0.05, 0) is 42.7 Å². The number of carboxylic acids is 1. The number of hydrogen-bond donors (Lipinski definition) is 1. The molecule has 28 heavy (non-hydrogen) atoms. The van der Waals surface area contributed by atoms with Crippen molar-refractivity contribution in [1.29, 1.82) is 0 Å². The van der Waals surface area contributed by atoms with Crippen LogP contribution in [0.15, 0.2) is 36.7 Å². The van der Waals surface area contributed by atoms with Crippen LogP contribution < -0.4 is 9.64 Å². The fourth-order valence-corrected chi connectivity index (χ4v) is 4.02. The van der Waals surface area contributed by atoms with E-state index in [1.54, 1.807) is 19.2 Å².